The zero-order valence-corrected chi connectivity index (χ0v) is 12.5. The smallest absolute Gasteiger partial charge is 0.126 e. The average Bonchev–Trinajstić information content (AvgIpc) is 2.94. The van der Waals surface area contributed by atoms with E-state index in [-0.39, 0.29) is 6.04 Å². The van der Waals surface area contributed by atoms with Gasteiger partial charge in [-0.05, 0) is 43.1 Å². The third-order valence-corrected chi connectivity index (χ3v) is 3.78. The fourth-order valence-electron chi connectivity index (χ4n) is 2.78. The highest BCUT2D eigenvalue weighted by atomic mass is 16.5. The molecule has 0 bridgehead atoms. The molecule has 108 valence electrons. The third-order valence-electron chi connectivity index (χ3n) is 3.78. The van der Waals surface area contributed by atoms with E-state index < -0.39 is 0 Å². The lowest BCUT2D eigenvalue weighted by Gasteiger charge is -2.18. The van der Waals surface area contributed by atoms with Crippen LogP contribution in [0.25, 0.3) is 10.8 Å². The Morgan fingerprint density at radius 3 is 2.38 bits per heavy atom. The Labute approximate surface area is 124 Å². The summed E-state index contributed by atoms with van der Waals surface area (Å²) in [4.78, 5) is 0. The molecule has 0 amide bonds. The van der Waals surface area contributed by atoms with Gasteiger partial charge in [-0.15, -0.1) is 0 Å². The third kappa shape index (κ3) is 2.41. The summed E-state index contributed by atoms with van der Waals surface area (Å²) in [6.07, 6.45) is 0. The van der Waals surface area contributed by atoms with E-state index in [0.29, 0.717) is 0 Å². The molecule has 3 rings (SSSR count). The molecular weight excluding hydrogens is 262 g/mol. The monoisotopic (exact) mass is 281 g/mol. The van der Waals surface area contributed by atoms with Crippen LogP contribution < -0.4 is 10.1 Å². The molecule has 1 atom stereocenters. The van der Waals surface area contributed by atoms with E-state index in [2.05, 4.69) is 23.5 Å². The molecule has 0 saturated carbocycles. The highest BCUT2D eigenvalue weighted by molar-refractivity contribution is 5.91. The number of ether oxygens (including phenoxy) is 1. The van der Waals surface area contributed by atoms with Crippen LogP contribution in [0.1, 0.15) is 23.1 Å². The maximum Gasteiger partial charge on any atom is 0.126 e. The van der Waals surface area contributed by atoms with Gasteiger partial charge < -0.3 is 14.5 Å². The molecule has 0 aliphatic rings. The van der Waals surface area contributed by atoms with Crippen molar-refractivity contribution < 1.29 is 9.15 Å². The van der Waals surface area contributed by atoms with Gasteiger partial charge in [-0.2, -0.15) is 0 Å². The molecule has 3 aromatic rings. The van der Waals surface area contributed by atoms with Gasteiger partial charge in [0, 0.05) is 5.39 Å². The van der Waals surface area contributed by atoms with E-state index in [4.69, 9.17) is 9.15 Å². The lowest BCUT2D eigenvalue weighted by molar-refractivity contribution is 0.419. The van der Waals surface area contributed by atoms with E-state index in [1.807, 2.05) is 44.3 Å². The minimum Gasteiger partial charge on any atom is -0.496 e. The molecule has 0 radical (unpaired) electrons. The van der Waals surface area contributed by atoms with Crippen molar-refractivity contribution in [2.45, 2.75) is 13.0 Å². The summed E-state index contributed by atoms with van der Waals surface area (Å²) in [6.45, 7) is 1.96. The van der Waals surface area contributed by atoms with Crippen molar-refractivity contribution in [3.05, 3.63) is 65.6 Å². The van der Waals surface area contributed by atoms with Gasteiger partial charge >= 0.3 is 0 Å². The summed E-state index contributed by atoms with van der Waals surface area (Å²) in [5, 5.41) is 5.63. The Balaban J connectivity index is 2.19. The number of furan rings is 1. The van der Waals surface area contributed by atoms with E-state index >= 15 is 0 Å². The highest BCUT2D eigenvalue weighted by Crippen LogP contribution is 2.34. The van der Waals surface area contributed by atoms with Gasteiger partial charge in [-0.25, -0.2) is 0 Å². The number of fused-ring (bicyclic) bond motifs is 1. The molecule has 0 aliphatic carbocycles. The quantitative estimate of drug-likeness (QED) is 0.783. The first-order valence-electron chi connectivity index (χ1n) is 7.04. The summed E-state index contributed by atoms with van der Waals surface area (Å²) < 4.78 is 11.3. The second-order valence-corrected chi connectivity index (χ2v) is 5.07. The maximum atomic E-state index is 5.80. The van der Waals surface area contributed by atoms with Crippen molar-refractivity contribution >= 4 is 10.8 Å². The zero-order valence-electron chi connectivity index (χ0n) is 12.5. The molecule has 1 heterocycles. The molecular formula is C18H19NO2. The summed E-state index contributed by atoms with van der Waals surface area (Å²) >= 11 is 0. The molecule has 0 saturated heterocycles. The first kappa shape index (κ1) is 13.7. The largest absolute Gasteiger partial charge is 0.496 e. The van der Waals surface area contributed by atoms with E-state index in [1.165, 1.54) is 10.9 Å². The van der Waals surface area contributed by atoms with Crippen LogP contribution in [0.4, 0.5) is 0 Å². The van der Waals surface area contributed by atoms with Crippen LogP contribution >= 0.6 is 0 Å². The average molecular weight is 281 g/mol. The Morgan fingerprint density at radius 1 is 1.00 bits per heavy atom. The van der Waals surface area contributed by atoms with Gasteiger partial charge in [-0.3, -0.25) is 0 Å². The molecule has 21 heavy (non-hydrogen) atoms. The number of hydrogen-bond donors (Lipinski definition) is 1. The zero-order chi connectivity index (χ0) is 14.8. The maximum absolute atomic E-state index is 5.80. The Hall–Kier alpha value is -2.26. The summed E-state index contributed by atoms with van der Waals surface area (Å²) in [6, 6.07) is 16.4. The van der Waals surface area contributed by atoms with Crippen LogP contribution in [0.5, 0.6) is 5.75 Å². The van der Waals surface area contributed by atoms with Crippen molar-refractivity contribution in [1.29, 1.82) is 0 Å². The van der Waals surface area contributed by atoms with Crippen molar-refractivity contribution in [3.8, 4) is 5.75 Å². The summed E-state index contributed by atoms with van der Waals surface area (Å²) in [5.41, 5.74) is 1.18. The molecule has 2 aromatic carbocycles. The SMILES string of the molecule is CNC(c1ccc(C)o1)c1ccc(OC)c2ccccc12. The van der Waals surface area contributed by atoms with Gasteiger partial charge in [0.25, 0.3) is 0 Å². The second kappa shape index (κ2) is 5.62. The Bertz CT molecular complexity index is 761. The Morgan fingerprint density at radius 2 is 1.76 bits per heavy atom. The number of benzene rings is 2. The van der Waals surface area contributed by atoms with Crippen molar-refractivity contribution in [2.24, 2.45) is 0 Å². The van der Waals surface area contributed by atoms with Gasteiger partial charge in [0.15, 0.2) is 0 Å². The normalized spacial score (nSPS) is 12.5. The number of hydrogen-bond acceptors (Lipinski definition) is 3. The summed E-state index contributed by atoms with van der Waals surface area (Å²) in [7, 11) is 3.65. The van der Waals surface area contributed by atoms with E-state index in [1.54, 1.807) is 7.11 Å². The molecule has 3 nitrogen and oxygen atoms in total. The minimum absolute atomic E-state index is 0.0227. The number of aryl methyl sites for hydroxylation is 1. The van der Waals surface area contributed by atoms with Crippen molar-refractivity contribution in [2.75, 3.05) is 14.2 Å². The molecule has 1 N–H and O–H groups in total. The van der Waals surface area contributed by atoms with Crippen LogP contribution in [-0.4, -0.2) is 14.2 Å². The van der Waals surface area contributed by atoms with Gasteiger partial charge in [-0.1, -0.05) is 30.3 Å². The predicted molar refractivity (Wildman–Crippen MR) is 84.8 cm³/mol. The van der Waals surface area contributed by atoms with Crippen LogP contribution in [0.2, 0.25) is 0 Å². The van der Waals surface area contributed by atoms with E-state index in [9.17, 15) is 0 Å². The molecule has 0 fully saturated rings. The van der Waals surface area contributed by atoms with Crippen LogP contribution in [0, 0.1) is 6.92 Å². The summed E-state index contributed by atoms with van der Waals surface area (Å²) in [5.74, 6) is 2.73. The van der Waals surface area contributed by atoms with Crippen LogP contribution in [0.15, 0.2) is 52.9 Å². The lowest BCUT2D eigenvalue weighted by atomic mass is 9.96. The van der Waals surface area contributed by atoms with Crippen LogP contribution in [0.3, 0.4) is 0 Å². The minimum atomic E-state index is 0.0227. The molecule has 1 unspecified atom stereocenters. The molecule has 0 aliphatic heterocycles. The highest BCUT2D eigenvalue weighted by Gasteiger charge is 2.19. The molecule has 3 heteroatoms. The Kier molecular flexibility index (Phi) is 3.67. The van der Waals surface area contributed by atoms with Crippen molar-refractivity contribution in [3.63, 3.8) is 0 Å². The first-order chi connectivity index (χ1) is 10.2. The van der Waals surface area contributed by atoms with Crippen LogP contribution in [-0.2, 0) is 0 Å². The fourth-order valence-corrected chi connectivity index (χ4v) is 2.78. The molecule has 0 spiro atoms. The standard InChI is InChI=1S/C18H19NO2/c1-12-8-10-17(21-12)18(19-2)15-9-11-16(20-3)14-7-5-4-6-13(14)15/h4-11,18-19H,1-3H3. The van der Waals surface area contributed by atoms with Gasteiger partial charge in [0.05, 0.1) is 13.2 Å². The molecule has 1 aromatic heterocycles. The first-order valence-corrected chi connectivity index (χ1v) is 7.04. The number of methoxy groups -OCH3 is 1. The van der Waals surface area contributed by atoms with E-state index in [0.717, 1.165) is 22.7 Å². The topological polar surface area (TPSA) is 34.4 Å². The fraction of sp³-hybridized carbons (Fsp3) is 0.222. The number of nitrogens with one attached hydrogen (secondary N) is 1. The second-order valence-electron chi connectivity index (χ2n) is 5.07. The van der Waals surface area contributed by atoms with Gasteiger partial charge in [0.2, 0.25) is 0 Å². The predicted octanol–water partition coefficient (Wildman–Crippen LogP) is 4.06. The van der Waals surface area contributed by atoms with Crippen molar-refractivity contribution in [1.82, 2.24) is 5.32 Å². The number of rotatable bonds is 4. The lowest BCUT2D eigenvalue weighted by Crippen LogP contribution is -2.17. The van der Waals surface area contributed by atoms with Gasteiger partial charge in [0.1, 0.15) is 17.3 Å².